The van der Waals surface area contributed by atoms with Gasteiger partial charge in [0, 0.05) is 4.47 Å². The topological polar surface area (TPSA) is 46.5 Å². The Hall–Kier alpha value is -1.08. The highest BCUT2D eigenvalue weighted by molar-refractivity contribution is 9.10. The highest BCUT2D eigenvalue weighted by Crippen LogP contribution is 2.26. The predicted octanol–water partition coefficient (Wildman–Crippen LogP) is 3.37. The van der Waals surface area contributed by atoms with E-state index in [0.717, 1.165) is 4.47 Å². The summed E-state index contributed by atoms with van der Waals surface area (Å²) in [5, 5.41) is 8.39. The van der Waals surface area contributed by atoms with Crippen molar-refractivity contribution in [3.8, 4) is 0 Å². The first kappa shape index (κ1) is 15.0. The number of aliphatic carboxylic acids is 1. The molecule has 1 rings (SSSR count). The standard InChI is InChI=1S/C11H10BrF3O3/c12-8-3-1-7(2-4-8)6-18-9(5-10(16)17)11(13,14)15/h1-4,9H,5-6H2,(H,16,17). The lowest BCUT2D eigenvalue weighted by atomic mass is 10.2. The maximum atomic E-state index is 12.5. The Bertz CT molecular complexity index is 403. The number of ether oxygens (including phenoxy) is 1. The molecule has 0 saturated heterocycles. The van der Waals surface area contributed by atoms with Gasteiger partial charge in [-0.2, -0.15) is 13.2 Å². The number of carboxylic acid groups (broad SMARTS) is 1. The molecule has 0 aliphatic carbocycles. The number of hydrogen-bond donors (Lipinski definition) is 1. The highest BCUT2D eigenvalue weighted by Gasteiger charge is 2.42. The normalized spacial score (nSPS) is 13.3. The summed E-state index contributed by atoms with van der Waals surface area (Å²) >= 11 is 3.19. The first-order chi connectivity index (χ1) is 8.29. The van der Waals surface area contributed by atoms with E-state index in [1.807, 2.05) is 0 Å². The van der Waals surface area contributed by atoms with Crippen LogP contribution in [0.1, 0.15) is 12.0 Å². The van der Waals surface area contributed by atoms with E-state index in [4.69, 9.17) is 5.11 Å². The molecule has 1 N–H and O–H groups in total. The Labute approximate surface area is 110 Å². The summed E-state index contributed by atoms with van der Waals surface area (Å²) in [6.45, 7) is -0.287. The molecule has 1 aromatic rings. The van der Waals surface area contributed by atoms with E-state index in [2.05, 4.69) is 20.7 Å². The molecule has 7 heteroatoms. The fourth-order valence-corrected chi connectivity index (χ4v) is 1.47. The van der Waals surface area contributed by atoms with E-state index in [1.165, 1.54) is 0 Å². The van der Waals surface area contributed by atoms with Crippen LogP contribution in [0.3, 0.4) is 0 Å². The van der Waals surface area contributed by atoms with Crippen molar-refractivity contribution in [2.24, 2.45) is 0 Å². The van der Waals surface area contributed by atoms with E-state index >= 15 is 0 Å². The highest BCUT2D eigenvalue weighted by atomic mass is 79.9. The lowest BCUT2D eigenvalue weighted by molar-refractivity contribution is -0.227. The Morgan fingerprint density at radius 2 is 1.89 bits per heavy atom. The molecule has 0 heterocycles. The van der Waals surface area contributed by atoms with Gasteiger partial charge >= 0.3 is 12.1 Å². The van der Waals surface area contributed by atoms with Crippen LogP contribution in [0.2, 0.25) is 0 Å². The Morgan fingerprint density at radius 3 is 2.33 bits per heavy atom. The smallest absolute Gasteiger partial charge is 0.415 e. The zero-order valence-electron chi connectivity index (χ0n) is 9.08. The third kappa shape index (κ3) is 5.05. The molecule has 0 saturated carbocycles. The Morgan fingerprint density at radius 1 is 1.33 bits per heavy atom. The fraction of sp³-hybridized carbons (Fsp3) is 0.364. The quantitative estimate of drug-likeness (QED) is 0.902. The van der Waals surface area contributed by atoms with E-state index in [9.17, 15) is 18.0 Å². The number of carbonyl (C=O) groups is 1. The minimum atomic E-state index is -4.69. The van der Waals surface area contributed by atoms with Crippen molar-refractivity contribution >= 4 is 21.9 Å². The molecule has 0 aromatic heterocycles. The molecule has 1 atom stereocenters. The predicted molar refractivity (Wildman–Crippen MR) is 61.0 cm³/mol. The van der Waals surface area contributed by atoms with Gasteiger partial charge in [0.25, 0.3) is 0 Å². The lowest BCUT2D eigenvalue weighted by Gasteiger charge is -2.19. The molecule has 1 unspecified atom stereocenters. The van der Waals surface area contributed by atoms with E-state index in [-0.39, 0.29) is 6.61 Å². The van der Waals surface area contributed by atoms with Crippen LogP contribution in [0, 0.1) is 0 Å². The molecule has 0 radical (unpaired) electrons. The third-order valence-corrected chi connectivity index (χ3v) is 2.62. The summed E-state index contributed by atoms with van der Waals surface area (Å²) in [6.07, 6.45) is -8.08. The monoisotopic (exact) mass is 326 g/mol. The maximum Gasteiger partial charge on any atom is 0.415 e. The second-order valence-corrected chi connectivity index (χ2v) is 4.48. The van der Waals surface area contributed by atoms with Gasteiger partial charge in [-0.3, -0.25) is 4.79 Å². The van der Waals surface area contributed by atoms with E-state index in [1.54, 1.807) is 24.3 Å². The van der Waals surface area contributed by atoms with Crippen molar-refractivity contribution in [3.05, 3.63) is 34.3 Å². The van der Waals surface area contributed by atoms with Crippen LogP contribution >= 0.6 is 15.9 Å². The number of alkyl halides is 3. The summed E-state index contributed by atoms with van der Waals surface area (Å²) < 4.78 is 42.8. The molecule has 0 aliphatic rings. The van der Waals surface area contributed by atoms with Crippen LogP contribution in [0.4, 0.5) is 13.2 Å². The van der Waals surface area contributed by atoms with Crippen LogP contribution in [0.25, 0.3) is 0 Å². The van der Waals surface area contributed by atoms with Gasteiger partial charge in [-0.1, -0.05) is 28.1 Å². The fourth-order valence-electron chi connectivity index (χ4n) is 1.21. The van der Waals surface area contributed by atoms with Crippen molar-refractivity contribution in [2.75, 3.05) is 0 Å². The molecule has 0 aliphatic heterocycles. The summed E-state index contributed by atoms with van der Waals surface area (Å²) in [5.74, 6) is -1.55. The van der Waals surface area contributed by atoms with Crippen LogP contribution in [-0.2, 0) is 16.1 Å². The van der Waals surface area contributed by atoms with Gasteiger partial charge in [0.15, 0.2) is 6.10 Å². The maximum absolute atomic E-state index is 12.5. The second-order valence-electron chi connectivity index (χ2n) is 3.57. The number of benzene rings is 1. The first-order valence-corrected chi connectivity index (χ1v) is 5.73. The van der Waals surface area contributed by atoms with Crippen molar-refractivity contribution in [1.29, 1.82) is 0 Å². The Balaban J connectivity index is 2.62. The molecule has 0 bridgehead atoms. The van der Waals surface area contributed by atoms with Gasteiger partial charge in [-0.15, -0.1) is 0 Å². The number of rotatable bonds is 5. The molecule has 0 spiro atoms. The van der Waals surface area contributed by atoms with Crippen LogP contribution < -0.4 is 0 Å². The number of halogens is 4. The second kappa shape index (κ2) is 6.19. The van der Waals surface area contributed by atoms with Crippen LogP contribution in [0.5, 0.6) is 0 Å². The summed E-state index contributed by atoms with van der Waals surface area (Å²) in [6, 6.07) is 6.52. The van der Waals surface area contributed by atoms with Gasteiger partial charge in [0.05, 0.1) is 13.0 Å². The zero-order chi connectivity index (χ0) is 13.8. The molecular weight excluding hydrogens is 317 g/mol. The zero-order valence-corrected chi connectivity index (χ0v) is 10.7. The van der Waals surface area contributed by atoms with Crippen molar-refractivity contribution < 1.29 is 27.8 Å². The van der Waals surface area contributed by atoms with Gasteiger partial charge in [0.2, 0.25) is 0 Å². The average Bonchev–Trinajstić information content (AvgIpc) is 2.24. The van der Waals surface area contributed by atoms with E-state index < -0.39 is 24.7 Å². The SMILES string of the molecule is O=C(O)CC(OCc1ccc(Br)cc1)C(F)(F)F. The molecule has 3 nitrogen and oxygen atoms in total. The molecule has 0 amide bonds. The lowest BCUT2D eigenvalue weighted by Crippen LogP contribution is -2.33. The summed E-state index contributed by atoms with van der Waals surface area (Å²) in [5.41, 5.74) is 0.540. The number of carboxylic acids is 1. The van der Waals surface area contributed by atoms with Gasteiger partial charge in [0.1, 0.15) is 0 Å². The Kier molecular flexibility index (Phi) is 5.15. The van der Waals surface area contributed by atoms with Gasteiger partial charge < -0.3 is 9.84 Å². The van der Waals surface area contributed by atoms with Crippen molar-refractivity contribution in [1.82, 2.24) is 0 Å². The summed E-state index contributed by atoms with van der Waals surface area (Å²) in [4.78, 5) is 10.3. The van der Waals surface area contributed by atoms with Crippen molar-refractivity contribution in [2.45, 2.75) is 25.3 Å². The molecule has 1 aromatic carbocycles. The van der Waals surface area contributed by atoms with Gasteiger partial charge in [-0.05, 0) is 17.7 Å². The third-order valence-electron chi connectivity index (χ3n) is 2.09. The van der Waals surface area contributed by atoms with Gasteiger partial charge in [-0.25, -0.2) is 0 Å². The van der Waals surface area contributed by atoms with Crippen LogP contribution in [0.15, 0.2) is 28.7 Å². The average molecular weight is 327 g/mol. The minimum Gasteiger partial charge on any atom is -0.481 e. The first-order valence-electron chi connectivity index (χ1n) is 4.93. The molecule has 100 valence electrons. The van der Waals surface area contributed by atoms with Crippen LogP contribution in [-0.4, -0.2) is 23.4 Å². The van der Waals surface area contributed by atoms with E-state index in [0.29, 0.717) is 5.56 Å². The largest absolute Gasteiger partial charge is 0.481 e. The summed E-state index contributed by atoms with van der Waals surface area (Å²) in [7, 11) is 0. The molecule has 18 heavy (non-hydrogen) atoms. The minimum absolute atomic E-state index is 0.287. The van der Waals surface area contributed by atoms with Crippen molar-refractivity contribution in [3.63, 3.8) is 0 Å². The molecule has 0 fully saturated rings. The molecular formula is C11H10BrF3O3. The number of hydrogen-bond acceptors (Lipinski definition) is 2.